The smallest absolute Gasteiger partial charge is 0.240 e. The third-order valence-corrected chi connectivity index (χ3v) is 4.24. The normalized spacial score (nSPS) is 11.7. The maximum Gasteiger partial charge on any atom is 0.240 e. The predicted octanol–water partition coefficient (Wildman–Crippen LogP) is 1.27. The molecular weight excluding hydrogens is 290 g/mol. The largest absolute Gasteiger partial charge is 0.360 e. The zero-order valence-electron chi connectivity index (χ0n) is 9.84. The molecule has 0 aliphatic heterocycles. The molecule has 2 rings (SSSR count). The minimum Gasteiger partial charge on any atom is -0.360 e. The van der Waals surface area contributed by atoms with Gasteiger partial charge in [0.1, 0.15) is 0 Å². The van der Waals surface area contributed by atoms with Crippen LogP contribution in [0.2, 0.25) is 5.02 Å². The number of benzene rings is 1. The van der Waals surface area contributed by atoms with Gasteiger partial charge in [-0.2, -0.15) is 0 Å². The molecule has 1 aromatic carbocycles. The van der Waals surface area contributed by atoms with Crippen molar-refractivity contribution < 1.29 is 12.9 Å². The molecule has 0 spiro atoms. The summed E-state index contributed by atoms with van der Waals surface area (Å²) in [6.07, 6.45) is 1.44. The lowest BCUT2D eigenvalue weighted by Gasteiger charge is -2.07. The number of hydrogen-bond donors (Lipinski definition) is 2. The summed E-state index contributed by atoms with van der Waals surface area (Å²) in [6, 6.07) is 5.96. The van der Waals surface area contributed by atoms with E-state index in [2.05, 4.69) is 9.88 Å². The van der Waals surface area contributed by atoms with Crippen molar-refractivity contribution in [1.29, 1.82) is 0 Å². The molecule has 0 fully saturated rings. The van der Waals surface area contributed by atoms with Gasteiger partial charge in [0, 0.05) is 17.6 Å². The topological polar surface area (TPSA) is 98.2 Å². The van der Waals surface area contributed by atoms with Crippen molar-refractivity contribution in [3.63, 3.8) is 0 Å². The Labute approximate surface area is 115 Å². The second-order valence-corrected chi connectivity index (χ2v) is 5.93. The van der Waals surface area contributed by atoms with Crippen molar-refractivity contribution in [2.45, 2.75) is 18.0 Å². The Kier molecular flexibility index (Phi) is 4.20. The van der Waals surface area contributed by atoms with E-state index in [1.165, 1.54) is 24.4 Å². The molecule has 0 aliphatic rings. The summed E-state index contributed by atoms with van der Waals surface area (Å²) >= 11 is 5.89. The first-order valence-electron chi connectivity index (χ1n) is 5.40. The predicted molar refractivity (Wildman–Crippen MR) is 69.9 cm³/mol. The van der Waals surface area contributed by atoms with Crippen LogP contribution in [-0.4, -0.2) is 13.6 Å². The van der Waals surface area contributed by atoms with E-state index in [0.717, 1.165) is 0 Å². The van der Waals surface area contributed by atoms with E-state index >= 15 is 0 Å². The molecule has 0 amide bonds. The summed E-state index contributed by atoms with van der Waals surface area (Å²) in [4.78, 5) is 0.108. The summed E-state index contributed by atoms with van der Waals surface area (Å²) in [6.45, 7) is 0.202. The zero-order valence-corrected chi connectivity index (χ0v) is 11.4. The van der Waals surface area contributed by atoms with Crippen molar-refractivity contribution >= 4 is 21.6 Å². The van der Waals surface area contributed by atoms with E-state index in [9.17, 15) is 8.42 Å². The molecule has 0 unspecified atom stereocenters. The fourth-order valence-corrected chi connectivity index (χ4v) is 2.70. The van der Waals surface area contributed by atoms with Gasteiger partial charge < -0.3 is 10.3 Å². The van der Waals surface area contributed by atoms with Crippen LogP contribution in [0.25, 0.3) is 0 Å². The molecule has 0 bridgehead atoms. The van der Waals surface area contributed by atoms with Gasteiger partial charge >= 0.3 is 0 Å². The van der Waals surface area contributed by atoms with Crippen molar-refractivity contribution in [2.75, 3.05) is 0 Å². The van der Waals surface area contributed by atoms with Crippen LogP contribution < -0.4 is 10.5 Å². The Bertz CT molecular complexity index is 656. The zero-order chi connectivity index (χ0) is 13.9. The fraction of sp³-hybridized carbons (Fsp3) is 0.182. The van der Waals surface area contributed by atoms with E-state index in [4.69, 9.17) is 21.9 Å². The average molecular weight is 302 g/mol. The second-order valence-electron chi connectivity index (χ2n) is 3.76. The third-order valence-electron chi connectivity index (χ3n) is 2.48. The maximum absolute atomic E-state index is 12.0. The summed E-state index contributed by atoms with van der Waals surface area (Å²) in [7, 11) is -3.64. The van der Waals surface area contributed by atoms with Gasteiger partial charge in [0.05, 0.1) is 17.6 Å². The summed E-state index contributed by atoms with van der Waals surface area (Å²) in [5.74, 6) is 0.427. The van der Waals surface area contributed by atoms with Crippen molar-refractivity contribution in [3.8, 4) is 0 Å². The molecule has 102 valence electrons. The lowest BCUT2D eigenvalue weighted by atomic mass is 10.2. The van der Waals surface area contributed by atoms with Crippen LogP contribution in [0.3, 0.4) is 0 Å². The van der Waals surface area contributed by atoms with Crippen molar-refractivity contribution in [3.05, 3.63) is 46.8 Å². The summed E-state index contributed by atoms with van der Waals surface area (Å²) in [5.41, 5.74) is 6.06. The van der Waals surface area contributed by atoms with Gasteiger partial charge in [-0.1, -0.05) is 16.8 Å². The van der Waals surface area contributed by atoms with Gasteiger partial charge in [0.25, 0.3) is 0 Å². The number of nitrogens with two attached hydrogens (primary N) is 1. The molecule has 19 heavy (non-hydrogen) atoms. The molecule has 0 aliphatic carbocycles. The van der Waals surface area contributed by atoms with Gasteiger partial charge in [-0.3, -0.25) is 0 Å². The molecule has 1 aromatic heterocycles. The Morgan fingerprint density at radius 2 is 2.16 bits per heavy atom. The minimum atomic E-state index is -3.64. The van der Waals surface area contributed by atoms with E-state index in [1.807, 2.05) is 0 Å². The Balaban J connectivity index is 2.19. The second kappa shape index (κ2) is 5.70. The van der Waals surface area contributed by atoms with Crippen LogP contribution >= 0.6 is 11.6 Å². The highest BCUT2D eigenvalue weighted by atomic mass is 35.5. The number of aromatic nitrogens is 1. The Hall–Kier alpha value is -1.41. The highest BCUT2D eigenvalue weighted by Gasteiger charge is 2.16. The first-order chi connectivity index (χ1) is 9.03. The molecule has 0 radical (unpaired) electrons. The molecular formula is C11H12ClN3O3S. The first-order valence-corrected chi connectivity index (χ1v) is 7.27. The molecule has 0 saturated carbocycles. The number of rotatable bonds is 5. The Morgan fingerprint density at radius 1 is 1.37 bits per heavy atom. The third kappa shape index (κ3) is 3.32. The lowest BCUT2D eigenvalue weighted by molar-refractivity contribution is 0.380. The lowest BCUT2D eigenvalue weighted by Crippen LogP contribution is -2.23. The van der Waals surface area contributed by atoms with Gasteiger partial charge in [0.15, 0.2) is 5.76 Å². The number of halogens is 1. The van der Waals surface area contributed by atoms with Crippen LogP contribution in [0.1, 0.15) is 11.3 Å². The molecule has 0 saturated heterocycles. The standard InChI is InChI=1S/C11H12ClN3O3S/c12-11-2-1-10(5-8(11)6-13)19(16,17)15-7-9-3-4-14-18-9/h1-5,15H,6-7,13H2. The number of hydrogen-bond acceptors (Lipinski definition) is 5. The van der Waals surface area contributed by atoms with Crippen molar-refractivity contribution in [1.82, 2.24) is 9.88 Å². The average Bonchev–Trinajstić information content (AvgIpc) is 2.90. The number of nitrogens with zero attached hydrogens (tertiary/aromatic N) is 1. The van der Waals surface area contributed by atoms with Gasteiger partial charge in [0.2, 0.25) is 10.0 Å². The molecule has 6 nitrogen and oxygen atoms in total. The monoisotopic (exact) mass is 301 g/mol. The maximum atomic E-state index is 12.0. The quantitative estimate of drug-likeness (QED) is 0.866. The van der Waals surface area contributed by atoms with Crippen LogP contribution in [-0.2, 0) is 23.1 Å². The van der Waals surface area contributed by atoms with Gasteiger partial charge in [-0.15, -0.1) is 0 Å². The number of sulfonamides is 1. The van der Waals surface area contributed by atoms with Crippen LogP contribution in [0.5, 0.6) is 0 Å². The molecule has 8 heteroatoms. The van der Waals surface area contributed by atoms with E-state index in [0.29, 0.717) is 16.3 Å². The van der Waals surface area contributed by atoms with Crippen LogP contribution in [0.15, 0.2) is 39.9 Å². The van der Waals surface area contributed by atoms with Crippen molar-refractivity contribution in [2.24, 2.45) is 5.73 Å². The Morgan fingerprint density at radius 3 is 2.79 bits per heavy atom. The molecule has 0 atom stereocenters. The SMILES string of the molecule is NCc1cc(S(=O)(=O)NCc2ccno2)ccc1Cl. The molecule has 3 N–H and O–H groups in total. The van der Waals surface area contributed by atoms with E-state index < -0.39 is 10.0 Å². The molecule has 1 heterocycles. The van der Waals surface area contributed by atoms with Gasteiger partial charge in [-0.25, -0.2) is 13.1 Å². The number of nitrogens with one attached hydrogen (secondary N) is 1. The summed E-state index contributed by atoms with van der Waals surface area (Å²) < 4.78 is 31.3. The van der Waals surface area contributed by atoms with Gasteiger partial charge in [-0.05, 0) is 23.8 Å². The highest BCUT2D eigenvalue weighted by molar-refractivity contribution is 7.89. The minimum absolute atomic E-state index is 0.0307. The first kappa shape index (κ1) is 14.0. The summed E-state index contributed by atoms with van der Waals surface area (Å²) in [5, 5.41) is 3.93. The van der Waals surface area contributed by atoms with E-state index in [1.54, 1.807) is 6.07 Å². The van der Waals surface area contributed by atoms with Crippen LogP contribution in [0, 0.1) is 0 Å². The molecule has 2 aromatic rings. The highest BCUT2D eigenvalue weighted by Crippen LogP contribution is 2.20. The fourth-order valence-electron chi connectivity index (χ4n) is 1.46. The van der Waals surface area contributed by atoms with Crippen LogP contribution in [0.4, 0.5) is 0 Å². The van der Waals surface area contributed by atoms with E-state index in [-0.39, 0.29) is 18.0 Å².